The van der Waals surface area contributed by atoms with Crippen LogP contribution in [0.15, 0.2) is 60.7 Å². The maximum absolute atomic E-state index is 6.40. The summed E-state index contributed by atoms with van der Waals surface area (Å²) in [7, 11) is -1.74. The molecule has 0 N–H and O–H groups in total. The lowest BCUT2D eigenvalue weighted by molar-refractivity contribution is 0.523. The summed E-state index contributed by atoms with van der Waals surface area (Å²) in [4.78, 5) is 4.77. The molecule has 0 radical (unpaired) electrons. The zero-order valence-corrected chi connectivity index (χ0v) is 15.8. The third-order valence-electron chi connectivity index (χ3n) is 4.29. The fourth-order valence-electron chi connectivity index (χ4n) is 3.00. The van der Waals surface area contributed by atoms with Gasteiger partial charge >= 0.3 is 0 Å². The maximum Gasteiger partial charge on any atom is 0.247 e. The third-order valence-corrected chi connectivity index (χ3v) is 6.61. The number of unbranched alkanes of at least 4 members (excludes halogenated alkanes) is 1. The summed E-state index contributed by atoms with van der Waals surface area (Å²) < 4.78 is 6.40. The van der Waals surface area contributed by atoms with Crippen molar-refractivity contribution in [3.63, 3.8) is 0 Å². The molecule has 3 aromatic rings. The molecule has 3 heteroatoms. The van der Waals surface area contributed by atoms with Crippen LogP contribution in [0.3, 0.4) is 0 Å². The number of fused-ring (bicyclic) bond motifs is 1. The predicted molar refractivity (Wildman–Crippen MR) is 105 cm³/mol. The number of nitrogens with zero attached hydrogens (tertiary/aromatic N) is 1. The minimum atomic E-state index is -1.74. The number of para-hydroxylation sites is 1. The van der Waals surface area contributed by atoms with E-state index in [1.807, 2.05) is 12.1 Å². The molecule has 0 atom stereocenters. The Kier molecular flexibility index (Phi) is 5.00. The average molecular weight is 336 g/mol. The fourth-order valence-corrected chi connectivity index (χ4v) is 4.97. The van der Waals surface area contributed by atoms with E-state index in [2.05, 4.69) is 68.5 Å². The van der Waals surface area contributed by atoms with Crippen molar-refractivity contribution in [2.24, 2.45) is 0 Å². The number of rotatable bonds is 6. The molecule has 1 heterocycles. The van der Waals surface area contributed by atoms with Crippen molar-refractivity contribution < 1.29 is 4.43 Å². The molecule has 0 unspecified atom stereocenters. The van der Waals surface area contributed by atoms with Gasteiger partial charge in [-0.15, -0.1) is 0 Å². The minimum absolute atomic E-state index is 0.764. The van der Waals surface area contributed by atoms with Crippen LogP contribution in [0.25, 0.3) is 22.0 Å². The second-order valence-corrected chi connectivity index (χ2v) is 11.1. The molecular formula is C21H25NOSi. The van der Waals surface area contributed by atoms with Gasteiger partial charge in [0.25, 0.3) is 0 Å². The largest absolute Gasteiger partial charge is 0.531 e. The minimum Gasteiger partial charge on any atom is -0.531 e. The van der Waals surface area contributed by atoms with Crippen molar-refractivity contribution in [1.29, 1.82) is 0 Å². The number of aromatic nitrogens is 1. The van der Waals surface area contributed by atoms with E-state index in [1.165, 1.54) is 35.4 Å². The Morgan fingerprint density at radius 1 is 0.958 bits per heavy atom. The highest BCUT2D eigenvalue weighted by Gasteiger charge is 2.24. The Balaban J connectivity index is 2.04. The van der Waals surface area contributed by atoms with Crippen LogP contribution in [0.5, 0.6) is 5.88 Å². The molecule has 24 heavy (non-hydrogen) atoms. The number of benzene rings is 2. The van der Waals surface area contributed by atoms with Crippen LogP contribution < -0.4 is 4.43 Å². The highest BCUT2D eigenvalue weighted by atomic mass is 28.4. The first-order valence-electron chi connectivity index (χ1n) is 8.73. The molecule has 0 saturated carbocycles. The summed E-state index contributed by atoms with van der Waals surface area (Å²) >= 11 is 0. The Morgan fingerprint density at radius 2 is 1.67 bits per heavy atom. The molecule has 3 rings (SSSR count). The summed E-state index contributed by atoms with van der Waals surface area (Å²) in [5.41, 5.74) is 3.39. The lowest BCUT2D eigenvalue weighted by Gasteiger charge is -2.24. The zero-order chi connectivity index (χ0) is 17.0. The van der Waals surface area contributed by atoms with Crippen molar-refractivity contribution in [3.05, 3.63) is 60.7 Å². The van der Waals surface area contributed by atoms with E-state index in [1.54, 1.807) is 0 Å². The van der Waals surface area contributed by atoms with Crippen LogP contribution in [0.1, 0.15) is 19.8 Å². The second kappa shape index (κ2) is 7.18. The van der Waals surface area contributed by atoms with E-state index < -0.39 is 8.32 Å². The molecule has 1 aromatic heterocycles. The molecule has 2 nitrogen and oxygen atoms in total. The van der Waals surface area contributed by atoms with Gasteiger partial charge in [-0.3, -0.25) is 0 Å². The summed E-state index contributed by atoms with van der Waals surface area (Å²) in [5.74, 6) is 0.764. The smallest absolute Gasteiger partial charge is 0.247 e. The molecule has 0 aliphatic rings. The highest BCUT2D eigenvalue weighted by Crippen LogP contribution is 2.32. The van der Waals surface area contributed by atoms with Crippen LogP contribution in [0, 0.1) is 0 Å². The van der Waals surface area contributed by atoms with Crippen LogP contribution in [-0.2, 0) is 0 Å². The van der Waals surface area contributed by atoms with Gasteiger partial charge in [-0.05, 0) is 36.3 Å². The van der Waals surface area contributed by atoms with Gasteiger partial charge in [-0.25, -0.2) is 4.98 Å². The van der Waals surface area contributed by atoms with Gasteiger partial charge in [0.15, 0.2) is 0 Å². The van der Waals surface area contributed by atoms with E-state index in [9.17, 15) is 0 Å². The van der Waals surface area contributed by atoms with Crippen LogP contribution in [0.4, 0.5) is 0 Å². The SMILES string of the molecule is CCCC[Si](C)(C)Oc1cc(-c2ccccc2)c2ccccc2n1. The van der Waals surface area contributed by atoms with Gasteiger partial charge in [0.1, 0.15) is 0 Å². The Labute approximate surface area is 145 Å². The molecule has 0 saturated heterocycles. The van der Waals surface area contributed by atoms with Gasteiger partial charge in [0, 0.05) is 11.5 Å². The predicted octanol–water partition coefficient (Wildman–Crippen LogP) is 6.29. The zero-order valence-electron chi connectivity index (χ0n) is 14.8. The summed E-state index contributed by atoms with van der Waals surface area (Å²) in [6.45, 7) is 6.79. The van der Waals surface area contributed by atoms with Gasteiger partial charge in [0.2, 0.25) is 14.2 Å². The molecule has 0 aliphatic heterocycles. The van der Waals surface area contributed by atoms with E-state index >= 15 is 0 Å². The van der Waals surface area contributed by atoms with Crippen molar-refractivity contribution in [1.82, 2.24) is 4.98 Å². The van der Waals surface area contributed by atoms with Crippen LogP contribution >= 0.6 is 0 Å². The molecule has 0 amide bonds. The standard InChI is InChI=1S/C21H25NOSi/c1-4-5-15-24(2,3)23-21-16-19(17-11-7-6-8-12-17)18-13-9-10-14-20(18)22-21/h6-14,16H,4-5,15H2,1-3H3. The maximum atomic E-state index is 6.40. The van der Waals surface area contributed by atoms with Gasteiger partial charge in [-0.1, -0.05) is 68.3 Å². The molecule has 2 aromatic carbocycles. The highest BCUT2D eigenvalue weighted by molar-refractivity contribution is 6.71. The van der Waals surface area contributed by atoms with E-state index in [4.69, 9.17) is 9.41 Å². The Morgan fingerprint density at radius 3 is 2.42 bits per heavy atom. The first-order valence-corrected chi connectivity index (χ1v) is 11.8. The molecule has 0 spiro atoms. The van der Waals surface area contributed by atoms with Crippen molar-refractivity contribution in [2.45, 2.75) is 38.9 Å². The van der Waals surface area contributed by atoms with Crippen molar-refractivity contribution >= 4 is 19.2 Å². The monoisotopic (exact) mass is 335 g/mol. The molecule has 0 aliphatic carbocycles. The van der Waals surface area contributed by atoms with Gasteiger partial charge in [0.05, 0.1) is 5.52 Å². The molecular weight excluding hydrogens is 310 g/mol. The fraction of sp³-hybridized carbons (Fsp3) is 0.286. The van der Waals surface area contributed by atoms with E-state index in [-0.39, 0.29) is 0 Å². The number of hydrogen-bond acceptors (Lipinski definition) is 2. The molecule has 124 valence electrons. The topological polar surface area (TPSA) is 22.1 Å². The van der Waals surface area contributed by atoms with E-state index in [0.717, 1.165) is 11.4 Å². The summed E-state index contributed by atoms with van der Waals surface area (Å²) in [6, 6.07) is 22.1. The van der Waals surface area contributed by atoms with Crippen LogP contribution in [0.2, 0.25) is 19.1 Å². The normalized spacial score (nSPS) is 11.6. The first-order chi connectivity index (χ1) is 11.6. The van der Waals surface area contributed by atoms with Crippen molar-refractivity contribution in [3.8, 4) is 17.0 Å². The lowest BCUT2D eigenvalue weighted by atomic mass is 10.0. The van der Waals surface area contributed by atoms with E-state index in [0.29, 0.717) is 0 Å². The molecule has 0 bridgehead atoms. The van der Waals surface area contributed by atoms with Gasteiger partial charge < -0.3 is 4.43 Å². The molecule has 0 fully saturated rings. The first kappa shape index (κ1) is 16.7. The Bertz CT molecular complexity index is 814. The van der Waals surface area contributed by atoms with Crippen molar-refractivity contribution in [2.75, 3.05) is 0 Å². The lowest BCUT2D eigenvalue weighted by Crippen LogP contribution is -2.34. The quantitative estimate of drug-likeness (QED) is 0.494. The van der Waals surface area contributed by atoms with Gasteiger partial charge in [-0.2, -0.15) is 0 Å². The third kappa shape index (κ3) is 3.85. The Hall–Kier alpha value is -2.13. The second-order valence-electron chi connectivity index (χ2n) is 6.86. The summed E-state index contributed by atoms with van der Waals surface area (Å²) in [6.07, 6.45) is 2.43. The number of hydrogen-bond donors (Lipinski definition) is 0. The summed E-state index contributed by atoms with van der Waals surface area (Å²) in [5, 5.41) is 1.17. The van der Waals surface area contributed by atoms with Crippen LogP contribution in [-0.4, -0.2) is 13.3 Å². The average Bonchev–Trinajstić information content (AvgIpc) is 2.60. The number of pyridine rings is 1.